The summed E-state index contributed by atoms with van der Waals surface area (Å²) in [6, 6.07) is 2.03. The fraction of sp³-hybridized carbons (Fsp3) is 0.333. The van der Waals surface area contributed by atoms with Crippen LogP contribution in [-0.4, -0.2) is 11.2 Å². The molecule has 2 rings (SSSR count). The van der Waals surface area contributed by atoms with Gasteiger partial charge < -0.3 is 0 Å². The number of hydrogen-bond donors (Lipinski definition) is 0. The standard InChI is InChI=1S/C15H19N2P/c1-4-11(2)9-17-15-12(3)16-8-7-13(15)5-6-14-10-18-14/h5-11,18H,4H2,1-3H3/b6-5+,17-9-. The predicted octanol–water partition coefficient (Wildman–Crippen LogP) is 4.69. The first kappa shape index (κ1) is 13.2. The van der Waals surface area contributed by atoms with Crippen molar-refractivity contribution in [3.63, 3.8) is 0 Å². The molecule has 0 amide bonds. The Morgan fingerprint density at radius 3 is 2.89 bits per heavy atom. The molecule has 2 heterocycles. The smallest absolute Gasteiger partial charge is 0.0910 e. The van der Waals surface area contributed by atoms with E-state index >= 15 is 0 Å². The van der Waals surface area contributed by atoms with E-state index in [0.717, 1.165) is 31.9 Å². The van der Waals surface area contributed by atoms with Crippen molar-refractivity contribution in [2.75, 3.05) is 0 Å². The molecule has 1 aliphatic rings. The van der Waals surface area contributed by atoms with Crippen LogP contribution in [0.25, 0.3) is 6.08 Å². The summed E-state index contributed by atoms with van der Waals surface area (Å²) in [4.78, 5) is 8.94. The maximum absolute atomic E-state index is 4.62. The summed E-state index contributed by atoms with van der Waals surface area (Å²) in [7, 11) is 0.918. The number of hydrogen-bond acceptors (Lipinski definition) is 2. The Kier molecular flexibility index (Phi) is 4.43. The van der Waals surface area contributed by atoms with Gasteiger partial charge in [0.25, 0.3) is 0 Å². The van der Waals surface area contributed by atoms with Gasteiger partial charge in [-0.2, -0.15) is 0 Å². The Morgan fingerprint density at radius 1 is 1.44 bits per heavy atom. The zero-order valence-electron chi connectivity index (χ0n) is 11.1. The van der Waals surface area contributed by atoms with E-state index in [-0.39, 0.29) is 0 Å². The molecule has 0 saturated carbocycles. The summed E-state index contributed by atoms with van der Waals surface area (Å²) in [5.74, 6) is 2.75. The minimum atomic E-state index is 0.508. The molecule has 1 aliphatic heterocycles. The average molecular weight is 258 g/mol. The van der Waals surface area contributed by atoms with Crippen LogP contribution in [0.15, 0.2) is 34.5 Å². The lowest BCUT2D eigenvalue weighted by atomic mass is 10.1. The Balaban J connectivity index is 2.25. The maximum atomic E-state index is 4.62. The third kappa shape index (κ3) is 3.61. The van der Waals surface area contributed by atoms with Crippen LogP contribution in [0.4, 0.5) is 5.69 Å². The van der Waals surface area contributed by atoms with E-state index in [1.807, 2.05) is 25.4 Å². The first-order valence-corrected chi connectivity index (χ1v) is 7.43. The highest BCUT2D eigenvalue weighted by Gasteiger charge is 2.05. The third-order valence-corrected chi connectivity index (χ3v) is 3.78. The Labute approximate surface area is 111 Å². The van der Waals surface area contributed by atoms with Crippen molar-refractivity contribution in [3.05, 3.63) is 40.7 Å². The molecule has 0 aliphatic carbocycles. The molecular formula is C15H19N2P. The molecule has 2 atom stereocenters. The zero-order valence-corrected chi connectivity index (χ0v) is 12.1. The van der Waals surface area contributed by atoms with Gasteiger partial charge in [-0.15, -0.1) is 0 Å². The van der Waals surface area contributed by atoms with E-state index in [9.17, 15) is 0 Å². The molecule has 0 spiro atoms. The molecule has 2 unspecified atom stereocenters. The molecular weight excluding hydrogens is 239 g/mol. The molecule has 94 valence electrons. The SMILES string of the molecule is CCC(C)/C=N\c1c(/C=C/C2=CP2)ccnc1C. The van der Waals surface area contributed by atoms with Crippen LogP contribution in [0.1, 0.15) is 31.5 Å². The average Bonchev–Trinajstić information content (AvgIpc) is 3.18. The predicted molar refractivity (Wildman–Crippen MR) is 82.0 cm³/mol. The second-order valence-electron chi connectivity index (χ2n) is 4.58. The molecule has 1 aromatic heterocycles. The summed E-state index contributed by atoms with van der Waals surface area (Å²) < 4.78 is 0. The van der Waals surface area contributed by atoms with E-state index in [2.05, 4.69) is 41.8 Å². The first-order valence-electron chi connectivity index (χ1n) is 6.35. The van der Waals surface area contributed by atoms with Crippen LogP contribution >= 0.6 is 8.58 Å². The van der Waals surface area contributed by atoms with E-state index < -0.39 is 0 Å². The second-order valence-corrected chi connectivity index (χ2v) is 5.73. The fourth-order valence-electron chi connectivity index (χ4n) is 1.51. The van der Waals surface area contributed by atoms with Gasteiger partial charge in [0.15, 0.2) is 0 Å². The number of aromatic nitrogens is 1. The molecule has 0 N–H and O–H groups in total. The van der Waals surface area contributed by atoms with Crippen LogP contribution in [0, 0.1) is 12.8 Å². The molecule has 18 heavy (non-hydrogen) atoms. The van der Waals surface area contributed by atoms with Gasteiger partial charge in [0.1, 0.15) is 0 Å². The lowest BCUT2D eigenvalue weighted by molar-refractivity contribution is 0.754. The molecule has 3 heteroatoms. The number of aryl methyl sites for hydroxylation is 1. The van der Waals surface area contributed by atoms with Crippen LogP contribution in [-0.2, 0) is 0 Å². The molecule has 1 aromatic rings. The monoisotopic (exact) mass is 258 g/mol. The topological polar surface area (TPSA) is 25.2 Å². The van der Waals surface area contributed by atoms with Gasteiger partial charge in [-0.3, -0.25) is 9.98 Å². The van der Waals surface area contributed by atoms with Crippen LogP contribution in [0.3, 0.4) is 0 Å². The van der Waals surface area contributed by atoms with Crippen molar-refractivity contribution >= 4 is 26.6 Å². The molecule has 0 saturated heterocycles. The van der Waals surface area contributed by atoms with Gasteiger partial charge >= 0.3 is 0 Å². The lowest BCUT2D eigenvalue weighted by Gasteiger charge is -2.05. The Morgan fingerprint density at radius 2 is 2.22 bits per heavy atom. The minimum absolute atomic E-state index is 0.508. The Hall–Kier alpha value is -1.27. The minimum Gasteiger partial charge on any atom is -0.259 e. The quantitative estimate of drug-likeness (QED) is 0.555. The van der Waals surface area contributed by atoms with Crippen molar-refractivity contribution in [2.45, 2.75) is 27.2 Å². The number of pyridine rings is 1. The first-order chi connectivity index (χ1) is 8.70. The van der Waals surface area contributed by atoms with Crippen LogP contribution < -0.4 is 0 Å². The number of rotatable bonds is 5. The highest BCUT2D eigenvalue weighted by atomic mass is 31.1. The molecule has 0 aromatic carbocycles. The molecule has 2 nitrogen and oxygen atoms in total. The van der Waals surface area contributed by atoms with Gasteiger partial charge in [-0.1, -0.05) is 40.4 Å². The van der Waals surface area contributed by atoms with Gasteiger partial charge in [-0.25, -0.2) is 0 Å². The number of nitrogens with zero attached hydrogens (tertiary/aromatic N) is 2. The van der Waals surface area contributed by atoms with Gasteiger partial charge in [-0.05, 0) is 30.6 Å². The molecule has 0 bridgehead atoms. The van der Waals surface area contributed by atoms with E-state index in [0.29, 0.717) is 5.92 Å². The fourth-order valence-corrected chi connectivity index (χ4v) is 1.86. The highest BCUT2D eigenvalue weighted by molar-refractivity contribution is 7.55. The molecule has 0 radical (unpaired) electrons. The summed E-state index contributed by atoms with van der Waals surface area (Å²) in [5, 5.41) is 1.43. The maximum Gasteiger partial charge on any atom is 0.0910 e. The number of allylic oxidation sites excluding steroid dienone is 2. The lowest BCUT2D eigenvalue weighted by Crippen LogP contribution is -1.93. The summed E-state index contributed by atoms with van der Waals surface area (Å²) in [6.45, 7) is 6.37. The second kappa shape index (κ2) is 6.06. The number of aliphatic imine (C=N–C) groups is 1. The summed E-state index contributed by atoms with van der Waals surface area (Å²) in [5.41, 5.74) is 3.14. The van der Waals surface area contributed by atoms with Gasteiger partial charge in [0.05, 0.1) is 11.4 Å². The third-order valence-electron chi connectivity index (χ3n) is 2.99. The Bertz CT molecular complexity index is 515. The zero-order chi connectivity index (χ0) is 13.0. The van der Waals surface area contributed by atoms with Crippen molar-refractivity contribution in [1.82, 2.24) is 4.98 Å². The van der Waals surface area contributed by atoms with Gasteiger partial charge in [0.2, 0.25) is 0 Å². The summed E-state index contributed by atoms with van der Waals surface area (Å²) in [6.07, 6.45) is 9.31. The highest BCUT2D eigenvalue weighted by Crippen LogP contribution is 2.43. The van der Waals surface area contributed by atoms with E-state index in [4.69, 9.17) is 0 Å². The van der Waals surface area contributed by atoms with Crippen molar-refractivity contribution in [2.24, 2.45) is 10.9 Å². The van der Waals surface area contributed by atoms with Crippen molar-refractivity contribution < 1.29 is 0 Å². The van der Waals surface area contributed by atoms with Crippen molar-refractivity contribution in [3.8, 4) is 0 Å². The van der Waals surface area contributed by atoms with E-state index in [1.165, 1.54) is 5.31 Å². The molecule has 0 fully saturated rings. The van der Waals surface area contributed by atoms with Gasteiger partial charge in [0, 0.05) is 18.0 Å². The largest absolute Gasteiger partial charge is 0.259 e. The normalized spacial score (nSPS) is 17.6. The van der Waals surface area contributed by atoms with Crippen LogP contribution in [0.5, 0.6) is 0 Å². The summed E-state index contributed by atoms with van der Waals surface area (Å²) >= 11 is 0. The van der Waals surface area contributed by atoms with E-state index in [1.54, 1.807) is 0 Å². The van der Waals surface area contributed by atoms with Crippen molar-refractivity contribution in [1.29, 1.82) is 0 Å². The van der Waals surface area contributed by atoms with Crippen LogP contribution in [0.2, 0.25) is 0 Å².